The SMILES string of the molecule is CC(C)(C)OC(=O)N[C@H]1C[C@@H](N2Cc3cn(CS)nc3C2)CO[C@@H]1c1cc(F)ccc1F. The number of halogens is 2. The van der Waals surface area contributed by atoms with Crippen molar-refractivity contribution in [1.82, 2.24) is 20.0 Å². The largest absolute Gasteiger partial charge is 0.444 e. The molecular formula is C22H28F2N4O3S. The summed E-state index contributed by atoms with van der Waals surface area (Å²) < 4.78 is 41.6. The number of hydrogen-bond donors (Lipinski definition) is 2. The molecule has 32 heavy (non-hydrogen) atoms. The molecule has 1 aromatic heterocycles. The van der Waals surface area contributed by atoms with Crippen molar-refractivity contribution in [2.24, 2.45) is 0 Å². The van der Waals surface area contributed by atoms with Gasteiger partial charge in [0.2, 0.25) is 0 Å². The lowest BCUT2D eigenvalue weighted by atomic mass is 9.92. The molecule has 2 aliphatic heterocycles. The van der Waals surface area contributed by atoms with Gasteiger partial charge in [-0.2, -0.15) is 17.7 Å². The summed E-state index contributed by atoms with van der Waals surface area (Å²) in [4.78, 5) is 14.7. The molecule has 0 spiro atoms. The summed E-state index contributed by atoms with van der Waals surface area (Å²) in [5.41, 5.74) is 1.52. The van der Waals surface area contributed by atoms with Crippen LogP contribution in [0.1, 0.15) is 50.1 Å². The highest BCUT2D eigenvalue weighted by molar-refractivity contribution is 7.79. The number of hydrogen-bond acceptors (Lipinski definition) is 6. The zero-order chi connectivity index (χ0) is 23.0. The summed E-state index contributed by atoms with van der Waals surface area (Å²) in [7, 11) is 0. The molecule has 1 saturated heterocycles. The fourth-order valence-corrected chi connectivity index (χ4v) is 4.41. The van der Waals surface area contributed by atoms with Gasteiger partial charge in [0.25, 0.3) is 0 Å². The van der Waals surface area contributed by atoms with Crippen molar-refractivity contribution in [3.8, 4) is 0 Å². The van der Waals surface area contributed by atoms with Gasteiger partial charge in [-0.05, 0) is 45.4 Å². The number of carbonyl (C=O) groups excluding carboxylic acids is 1. The fourth-order valence-electron chi connectivity index (χ4n) is 4.27. The van der Waals surface area contributed by atoms with Gasteiger partial charge in [-0.1, -0.05) is 0 Å². The van der Waals surface area contributed by atoms with Gasteiger partial charge in [-0.25, -0.2) is 13.6 Å². The maximum absolute atomic E-state index is 14.5. The van der Waals surface area contributed by atoms with Gasteiger partial charge >= 0.3 is 6.09 Å². The highest BCUT2D eigenvalue weighted by Gasteiger charge is 2.40. The van der Waals surface area contributed by atoms with E-state index in [1.165, 1.54) is 0 Å². The molecule has 1 fully saturated rings. The normalized spacial score (nSPS) is 23.8. The zero-order valence-corrected chi connectivity index (χ0v) is 19.2. The third-order valence-corrected chi connectivity index (χ3v) is 5.93. The van der Waals surface area contributed by atoms with E-state index in [4.69, 9.17) is 9.47 Å². The molecule has 0 unspecified atom stereocenters. The molecule has 1 amide bonds. The second-order valence-corrected chi connectivity index (χ2v) is 9.53. The number of benzene rings is 1. The molecule has 0 saturated carbocycles. The average Bonchev–Trinajstić information content (AvgIpc) is 3.27. The van der Waals surface area contributed by atoms with Crippen LogP contribution in [0, 0.1) is 11.6 Å². The molecule has 174 valence electrons. The Morgan fingerprint density at radius 2 is 2.12 bits per heavy atom. The number of ether oxygens (including phenoxy) is 2. The highest BCUT2D eigenvalue weighted by atomic mass is 32.1. The van der Waals surface area contributed by atoms with Gasteiger partial charge in [-0.3, -0.25) is 9.58 Å². The molecule has 4 rings (SSSR count). The minimum Gasteiger partial charge on any atom is -0.444 e. The molecule has 2 aromatic rings. The maximum Gasteiger partial charge on any atom is 0.407 e. The van der Waals surface area contributed by atoms with Crippen molar-refractivity contribution >= 4 is 18.7 Å². The van der Waals surface area contributed by atoms with Gasteiger partial charge in [0, 0.05) is 36.5 Å². The number of fused-ring (bicyclic) bond motifs is 1. The Bertz CT molecular complexity index is 971. The van der Waals surface area contributed by atoms with Gasteiger partial charge in [0.05, 0.1) is 24.2 Å². The lowest BCUT2D eigenvalue weighted by Gasteiger charge is -2.40. The summed E-state index contributed by atoms with van der Waals surface area (Å²) >= 11 is 4.25. The maximum atomic E-state index is 14.5. The van der Waals surface area contributed by atoms with E-state index in [0.29, 0.717) is 32.0 Å². The molecule has 7 nitrogen and oxygen atoms in total. The van der Waals surface area contributed by atoms with E-state index in [-0.39, 0.29) is 11.6 Å². The first-order valence-electron chi connectivity index (χ1n) is 10.6. The van der Waals surface area contributed by atoms with Crippen molar-refractivity contribution in [1.29, 1.82) is 0 Å². The number of thiol groups is 1. The summed E-state index contributed by atoms with van der Waals surface area (Å²) in [5.74, 6) is -0.621. The van der Waals surface area contributed by atoms with Crippen molar-refractivity contribution in [3.05, 3.63) is 52.9 Å². The topological polar surface area (TPSA) is 68.6 Å². The molecular weight excluding hydrogens is 438 g/mol. The average molecular weight is 467 g/mol. The first-order chi connectivity index (χ1) is 15.1. The summed E-state index contributed by atoms with van der Waals surface area (Å²) in [6.45, 7) is 6.98. The van der Waals surface area contributed by atoms with Crippen LogP contribution in [0.4, 0.5) is 13.6 Å². The lowest BCUT2D eigenvalue weighted by Crippen LogP contribution is -2.52. The summed E-state index contributed by atoms with van der Waals surface area (Å²) in [6.07, 6.45) is 1.03. The predicted octanol–water partition coefficient (Wildman–Crippen LogP) is 3.79. The first kappa shape index (κ1) is 23.0. The molecule has 3 atom stereocenters. The Morgan fingerprint density at radius 1 is 1.34 bits per heavy atom. The fraction of sp³-hybridized carbons (Fsp3) is 0.545. The highest BCUT2D eigenvalue weighted by Crippen LogP contribution is 2.35. The van der Waals surface area contributed by atoms with Crippen LogP contribution in [0.15, 0.2) is 24.4 Å². The minimum atomic E-state index is -0.826. The van der Waals surface area contributed by atoms with Crippen molar-refractivity contribution in [2.45, 2.75) is 69.9 Å². The number of nitrogens with one attached hydrogen (secondary N) is 1. The Balaban J connectivity index is 1.52. The molecule has 3 heterocycles. The van der Waals surface area contributed by atoms with Crippen LogP contribution in [0.2, 0.25) is 0 Å². The van der Waals surface area contributed by atoms with Crippen LogP contribution in [-0.2, 0) is 28.4 Å². The number of carbonyl (C=O) groups is 1. The Kier molecular flexibility index (Phi) is 6.46. The van der Waals surface area contributed by atoms with E-state index < -0.39 is 35.5 Å². The number of amides is 1. The van der Waals surface area contributed by atoms with Gasteiger partial charge in [0.1, 0.15) is 23.3 Å². The van der Waals surface area contributed by atoms with E-state index in [2.05, 4.69) is 27.9 Å². The zero-order valence-electron chi connectivity index (χ0n) is 18.3. The van der Waals surface area contributed by atoms with Crippen LogP contribution in [0.25, 0.3) is 0 Å². The van der Waals surface area contributed by atoms with Crippen molar-refractivity contribution in [2.75, 3.05) is 6.61 Å². The quantitative estimate of drug-likeness (QED) is 0.672. The second-order valence-electron chi connectivity index (χ2n) is 9.25. The van der Waals surface area contributed by atoms with Gasteiger partial charge in [0.15, 0.2) is 0 Å². The Labute approximate surface area is 191 Å². The first-order valence-corrected chi connectivity index (χ1v) is 11.2. The Hall–Kier alpha value is -2.17. The van der Waals surface area contributed by atoms with E-state index in [9.17, 15) is 13.6 Å². The second kappa shape index (κ2) is 8.99. The third kappa shape index (κ3) is 5.07. The van der Waals surface area contributed by atoms with Crippen LogP contribution in [-0.4, -0.2) is 45.1 Å². The van der Waals surface area contributed by atoms with E-state index >= 15 is 0 Å². The van der Waals surface area contributed by atoms with Gasteiger partial charge < -0.3 is 14.8 Å². The minimum absolute atomic E-state index is 0.0264. The number of nitrogens with zero attached hydrogens (tertiary/aromatic N) is 3. The third-order valence-electron chi connectivity index (χ3n) is 5.64. The van der Waals surface area contributed by atoms with Crippen LogP contribution >= 0.6 is 12.6 Å². The van der Waals surface area contributed by atoms with Crippen LogP contribution in [0.5, 0.6) is 0 Å². The molecule has 1 N–H and O–H groups in total. The molecule has 0 radical (unpaired) electrons. The molecule has 0 aliphatic carbocycles. The lowest BCUT2D eigenvalue weighted by molar-refractivity contribution is -0.0629. The summed E-state index contributed by atoms with van der Waals surface area (Å²) in [5, 5.41) is 7.35. The van der Waals surface area contributed by atoms with Crippen molar-refractivity contribution < 1.29 is 23.0 Å². The smallest absolute Gasteiger partial charge is 0.407 e. The Morgan fingerprint density at radius 3 is 2.81 bits per heavy atom. The molecule has 2 aliphatic rings. The van der Waals surface area contributed by atoms with Crippen LogP contribution in [0.3, 0.4) is 0 Å². The molecule has 0 bridgehead atoms. The monoisotopic (exact) mass is 466 g/mol. The number of alkyl carbamates (subject to hydrolysis) is 1. The van der Waals surface area contributed by atoms with E-state index in [1.807, 2.05) is 6.20 Å². The predicted molar refractivity (Wildman–Crippen MR) is 117 cm³/mol. The van der Waals surface area contributed by atoms with Crippen molar-refractivity contribution in [3.63, 3.8) is 0 Å². The van der Waals surface area contributed by atoms with E-state index in [0.717, 1.165) is 29.5 Å². The van der Waals surface area contributed by atoms with E-state index in [1.54, 1.807) is 25.5 Å². The number of aromatic nitrogens is 2. The summed E-state index contributed by atoms with van der Waals surface area (Å²) in [6, 6.07) is 2.64. The van der Waals surface area contributed by atoms with Crippen LogP contribution < -0.4 is 5.32 Å². The number of rotatable bonds is 4. The van der Waals surface area contributed by atoms with Gasteiger partial charge in [-0.15, -0.1) is 0 Å². The molecule has 1 aromatic carbocycles. The molecule has 10 heteroatoms. The standard InChI is InChI=1S/C22H28F2N4O3S/c1-22(2,3)31-21(29)25-18-7-15(27-8-13-9-28(12-32)26-19(13)10-27)11-30-20(18)16-6-14(23)4-5-17(16)24/h4-6,9,15,18,20,32H,7-8,10-12H2,1-3H3,(H,25,29)/t15-,18+,20-/m1/s1.